The number of hydrogen-bond acceptors (Lipinski definition) is 7. The van der Waals surface area contributed by atoms with Crippen LogP contribution in [0.15, 0.2) is 36.7 Å². The zero-order valence-electron chi connectivity index (χ0n) is 16.2. The maximum Gasteiger partial charge on any atom is 0.254 e. The van der Waals surface area contributed by atoms with E-state index in [1.165, 1.54) is 18.2 Å². The SMILES string of the molecule is CC1CS(=O)(=O)N(c2cc(C(=O)N3CCN(c4ncccn4)CC3)ccc2Cl)C1=O. The minimum absolute atomic E-state index is 0.0215. The van der Waals surface area contributed by atoms with Crippen LogP contribution in [0.25, 0.3) is 0 Å². The fraction of sp³-hybridized carbons (Fsp3) is 0.368. The number of aromatic nitrogens is 2. The summed E-state index contributed by atoms with van der Waals surface area (Å²) in [6, 6.07) is 6.11. The summed E-state index contributed by atoms with van der Waals surface area (Å²) in [5, 5.41) is 0.101. The molecule has 2 aliphatic rings. The Kier molecular flexibility index (Phi) is 5.37. The molecule has 0 spiro atoms. The number of halogens is 1. The summed E-state index contributed by atoms with van der Waals surface area (Å²) in [7, 11) is -3.81. The van der Waals surface area contributed by atoms with Crippen molar-refractivity contribution in [1.82, 2.24) is 14.9 Å². The predicted octanol–water partition coefficient (Wildman–Crippen LogP) is 1.40. The van der Waals surface area contributed by atoms with E-state index in [-0.39, 0.29) is 27.9 Å². The number of benzene rings is 1. The Bertz CT molecular complexity index is 1090. The number of anilines is 2. The third kappa shape index (κ3) is 3.72. The molecule has 9 nitrogen and oxygen atoms in total. The van der Waals surface area contributed by atoms with Crippen LogP contribution in [0.4, 0.5) is 11.6 Å². The van der Waals surface area contributed by atoms with Crippen LogP contribution in [-0.4, -0.2) is 67.0 Å². The van der Waals surface area contributed by atoms with Gasteiger partial charge in [0.25, 0.3) is 5.91 Å². The smallest absolute Gasteiger partial charge is 0.254 e. The number of piperazine rings is 1. The van der Waals surface area contributed by atoms with Crippen LogP contribution < -0.4 is 9.21 Å². The average molecular weight is 450 g/mol. The zero-order chi connectivity index (χ0) is 21.5. The molecule has 2 fully saturated rings. The van der Waals surface area contributed by atoms with Crippen molar-refractivity contribution in [2.75, 3.05) is 41.1 Å². The van der Waals surface area contributed by atoms with Gasteiger partial charge >= 0.3 is 0 Å². The highest BCUT2D eigenvalue weighted by Gasteiger charge is 2.43. The molecule has 0 N–H and O–H groups in total. The predicted molar refractivity (Wildman–Crippen MR) is 112 cm³/mol. The maximum absolute atomic E-state index is 13.0. The van der Waals surface area contributed by atoms with Crippen LogP contribution in [0, 0.1) is 5.92 Å². The second-order valence-corrected chi connectivity index (χ2v) is 9.55. The van der Waals surface area contributed by atoms with Gasteiger partial charge in [-0.05, 0) is 24.3 Å². The third-order valence-electron chi connectivity index (χ3n) is 5.17. The Morgan fingerprint density at radius 1 is 1.13 bits per heavy atom. The van der Waals surface area contributed by atoms with Gasteiger partial charge in [-0.3, -0.25) is 9.59 Å². The lowest BCUT2D eigenvalue weighted by molar-refractivity contribution is -0.119. The van der Waals surface area contributed by atoms with Gasteiger partial charge in [0.15, 0.2) is 0 Å². The fourth-order valence-electron chi connectivity index (χ4n) is 3.62. The fourth-order valence-corrected chi connectivity index (χ4v) is 5.70. The van der Waals surface area contributed by atoms with Crippen molar-refractivity contribution >= 4 is 45.1 Å². The van der Waals surface area contributed by atoms with Crippen LogP contribution in [0.1, 0.15) is 17.3 Å². The molecule has 2 amide bonds. The molecular weight excluding hydrogens is 430 g/mol. The monoisotopic (exact) mass is 449 g/mol. The lowest BCUT2D eigenvalue weighted by atomic mass is 10.1. The summed E-state index contributed by atoms with van der Waals surface area (Å²) in [5.74, 6) is -1.11. The van der Waals surface area contributed by atoms with E-state index in [9.17, 15) is 18.0 Å². The Morgan fingerprint density at radius 3 is 2.40 bits per heavy atom. The molecule has 1 unspecified atom stereocenters. The van der Waals surface area contributed by atoms with Crippen molar-refractivity contribution in [2.45, 2.75) is 6.92 Å². The molecule has 4 rings (SSSR count). The number of sulfonamides is 1. The Labute approximate surface area is 179 Å². The molecule has 1 atom stereocenters. The van der Waals surface area contributed by atoms with Crippen LogP contribution in [0.3, 0.4) is 0 Å². The van der Waals surface area contributed by atoms with Gasteiger partial charge in [-0.25, -0.2) is 22.7 Å². The maximum atomic E-state index is 13.0. The van der Waals surface area contributed by atoms with E-state index < -0.39 is 21.8 Å². The van der Waals surface area contributed by atoms with Gasteiger partial charge in [0.05, 0.1) is 22.4 Å². The molecule has 1 aromatic heterocycles. The highest BCUT2D eigenvalue weighted by atomic mass is 35.5. The number of carbonyl (C=O) groups is 2. The van der Waals surface area contributed by atoms with Crippen molar-refractivity contribution in [2.24, 2.45) is 5.92 Å². The van der Waals surface area contributed by atoms with E-state index >= 15 is 0 Å². The summed E-state index contributed by atoms with van der Waals surface area (Å²) in [6.45, 7) is 3.64. The van der Waals surface area contributed by atoms with Crippen molar-refractivity contribution in [1.29, 1.82) is 0 Å². The summed E-state index contributed by atoms with van der Waals surface area (Å²) >= 11 is 6.19. The second-order valence-electron chi connectivity index (χ2n) is 7.28. The number of hydrogen-bond donors (Lipinski definition) is 0. The summed E-state index contributed by atoms with van der Waals surface area (Å²) in [4.78, 5) is 37.5. The molecule has 11 heteroatoms. The van der Waals surface area contributed by atoms with Crippen molar-refractivity contribution in [3.63, 3.8) is 0 Å². The Hall–Kier alpha value is -2.72. The van der Waals surface area contributed by atoms with Gasteiger partial charge < -0.3 is 9.80 Å². The van der Waals surface area contributed by atoms with E-state index in [4.69, 9.17) is 11.6 Å². The molecule has 0 radical (unpaired) electrons. The first-order chi connectivity index (χ1) is 14.3. The van der Waals surface area contributed by atoms with Crippen LogP contribution >= 0.6 is 11.6 Å². The molecule has 0 aliphatic carbocycles. The van der Waals surface area contributed by atoms with E-state index in [0.717, 1.165) is 4.31 Å². The minimum atomic E-state index is -3.81. The standard InChI is InChI=1S/C19H20ClN5O4S/c1-13-12-30(28,29)25(17(13)26)16-11-14(3-4-15(16)20)18(27)23-7-9-24(10-8-23)19-21-5-2-6-22-19/h2-6,11,13H,7-10,12H2,1H3. The summed E-state index contributed by atoms with van der Waals surface area (Å²) in [6.07, 6.45) is 3.34. The van der Waals surface area contributed by atoms with Crippen LogP contribution in [0.2, 0.25) is 5.02 Å². The lowest BCUT2D eigenvalue weighted by Crippen LogP contribution is -2.49. The van der Waals surface area contributed by atoms with Crippen molar-refractivity contribution in [3.05, 3.63) is 47.2 Å². The van der Waals surface area contributed by atoms with Gasteiger partial charge in [0.2, 0.25) is 21.9 Å². The summed E-state index contributed by atoms with van der Waals surface area (Å²) < 4.78 is 25.6. The third-order valence-corrected chi connectivity index (χ3v) is 7.35. The van der Waals surface area contributed by atoms with Gasteiger partial charge in [-0.1, -0.05) is 18.5 Å². The van der Waals surface area contributed by atoms with Crippen LogP contribution in [0.5, 0.6) is 0 Å². The number of rotatable bonds is 3. The van der Waals surface area contributed by atoms with E-state index in [2.05, 4.69) is 9.97 Å². The van der Waals surface area contributed by atoms with Crippen molar-refractivity contribution in [3.8, 4) is 0 Å². The molecule has 2 saturated heterocycles. The first kappa shape index (κ1) is 20.5. The largest absolute Gasteiger partial charge is 0.337 e. The molecule has 0 bridgehead atoms. The topological polar surface area (TPSA) is 104 Å². The van der Waals surface area contributed by atoms with Gasteiger partial charge in [-0.15, -0.1) is 0 Å². The molecule has 1 aromatic carbocycles. The van der Waals surface area contributed by atoms with Gasteiger partial charge in [-0.2, -0.15) is 0 Å². The molecule has 3 heterocycles. The van der Waals surface area contributed by atoms with Gasteiger partial charge in [0.1, 0.15) is 0 Å². The van der Waals surface area contributed by atoms with E-state index in [0.29, 0.717) is 32.1 Å². The quantitative estimate of drug-likeness (QED) is 0.697. The zero-order valence-corrected chi connectivity index (χ0v) is 17.8. The molecule has 2 aromatic rings. The highest BCUT2D eigenvalue weighted by molar-refractivity contribution is 7.94. The first-order valence-electron chi connectivity index (χ1n) is 9.45. The first-order valence-corrected chi connectivity index (χ1v) is 11.4. The second kappa shape index (κ2) is 7.84. The molecule has 158 valence electrons. The Balaban J connectivity index is 1.53. The normalized spacial score (nSPS) is 21.2. The highest BCUT2D eigenvalue weighted by Crippen LogP contribution is 2.34. The lowest BCUT2D eigenvalue weighted by Gasteiger charge is -2.34. The molecule has 0 saturated carbocycles. The number of amides is 2. The number of nitrogens with zero attached hydrogens (tertiary/aromatic N) is 5. The minimum Gasteiger partial charge on any atom is -0.337 e. The van der Waals surface area contributed by atoms with E-state index in [1.807, 2.05) is 4.90 Å². The van der Waals surface area contributed by atoms with E-state index in [1.54, 1.807) is 30.3 Å². The van der Waals surface area contributed by atoms with Crippen LogP contribution in [-0.2, 0) is 14.8 Å². The molecule has 2 aliphatic heterocycles. The van der Waals surface area contributed by atoms with Crippen molar-refractivity contribution < 1.29 is 18.0 Å². The average Bonchev–Trinajstić information content (AvgIpc) is 2.95. The number of carbonyl (C=O) groups excluding carboxylic acids is 2. The Morgan fingerprint density at radius 2 is 1.80 bits per heavy atom. The molecular formula is C19H20ClN5O4S. The molecule has 30 heavy (non-hydrogen) atoms. The summed E-state index contributed by atoms with van der Waals surface area (Å²) in [5.41, 5.74) is 0.301. The van der Waals surface area contributed by atoms with Gasteiger partial charge in [0, 0.05) is 44.1 Å².